The predicted molar refractivity (Wildman–Crippen MR) is 66.6 cm³/mol. The molecule has 0 aromatic heterocycles. The van der Waals surface area contributed by atoms with E-state index in [-0.39, 0.29) is 0 Å². The molecule has 0 radical (unpaired) electrons. The van der Waals surface area contributed by atoms with Crippen molar-refractivity contribution in [3.8, 4) is 0 Å². The van der Waals surface area contributed by atoms with Crippen molar-refractivity contribution >= 4 is 0 Å². The van der Waals surface area contributed by atoms with Crippen molar-refractivity contribution in [2.75, 3.05) is 45.9 Å². The topological polar surface area (TPSA) is 24.5 Å². The van der Waals surface area contributed by atoms with Gasteiger partial charge in [-0.1, -0.05) is 13.8 Å². The minimum atomic E-state index is 0.418. The molecule has 2 aliphatic heterocycles. The van der Waals surface area contributed by atoms with Crippen LogP contribution in [0.15, 0.2) is 0 Å². The first-order valence-electron chi connectivity index (χ1n) is 6.66. The summed E-state index contributed by atoms with van der Waals surface area (Å²) < 4.78 is 5.42. The summed E-state index contributed by atoms with van der Waals surface area (Å²) in [6, 6.07) is 0. The molecule has 0 aromatic rings. The van der Waals surface area contributed by atoms with Gasteiger partial charge in [-0.2, -0.15) is 0 Å². The van der Waals surface area contributed by atoms with Gasteiger partial charge in [-0.25, -0.2) is 0 Å². The van der Waals surface area contributed by atoms with Gasteiger partial charge in [0.2, 0.25) is 0 Å². The average Bonchev–Trinajstić information content (AvgIpc) is 2.40. The molecule has 0 amide bonds. The fourth-order valence-corrected chi connectivity index (χ4v) is 2.85. The van der Waals surface area contributed by atoms with Crippen molar-refractivity contribution in [2.45, 2.75) is 26.7 Å². The van der Waals surface area contributed by atoms with Crippen LogP contribution in [0.25, 0.3) is 0 Å². The Morgan fingerprint density at radius 1 is 1.31 bits per heavy atom. The molecule has 0 aliphatic carbocycles. The summed E-state index contributed by atoms with van der Waals surface area (Å²) in [6.07, 6.45) is 2.51. The van der Waals surface area contributed by atoms with Crippen LogP contribution in [0.4, 0.5) is 0 Å². The molecule has 2 rings (SSSR count). The Hall–Kier alpha value is -0.120. The molecule has 94 valence electrons. The van der Waals surface area contributed by atoms with Gasteiger partial charge in [0.15, 0.2) is 0 Å². The smallest absolute Gasteiger partial charge is 0.0469 e. The highest BCUT2D eigenvalue weighted by atomic mass is 16.5. The third-order valence-electron chi connectivity index (χ3n) is 3.72. The van der Waals surface area contributed by atoms with Gasteiger partial charge in [0, 0.05) is 45.9 Å². The highest BCUT2D eigenvalue weighted by Gasteiger charge is 2.26. The second-order valence-corrected chi connectivity index (χ2v) is 6.13. The van der Waals surface area contributed by atoms with E-state index >= 15 is 0 Å². The minimum Gasteiger partial charge on any atom is -0.381 e. The van der Waals surface area contributed by atoms with Crippen LogP contribution in [0.5, 0.6) is 0 Å². The lowest BCUT2D eigenvalue weighted by atomic mass is 9.92. The fraction of sp³-hybridized carbons (Fsp3) is 1.00. The first-order valence-corrected chi connectivity index (χ1v) is 6.66. The zero-order chi connectivity index (χ0) is 11.4. The molecular formula is C13H26N2O. The van der Waals surface area contributed by atoms with Crippen molar-refractivity contribution < 1.29 is 4.74 Å². The molecule has 0 saturated carbocycles. The van der Waals surface area contributed by atoms with Gasteiger partial charge in [0.05, 0.1) is 0 Å². The molecule has 0 bridgehead atoms. The van der Waals surface area contributed by atoms with E-state index in [0.29, 0.717) is 5.41 Å². The number of nitrogens with zero attached hydrogens (tertiary/aromatic N) is 1. The Morgan fingerprint density at radius 3 is 2.81 bits per heavy atom. The summed E-state index contributed by atoms with van der Waals surface area (Å²) >= 11 is 0. The van der Waals surface area contributed by atoms with E-state index in [0.717, 1.165) is 32.2 Å². The quantitative estimate of drug-likeness (QED) is 0.769. The van der Waals surface area contributed by atoms with Crippen molar-refractivity contribution in [1.29, 1.82) is 0 Å². The molecule has 2 aliphatic rings. The molecule has 2 heterocycles. The van der Waals surface area contributed by atoms with E-state index in [1.54, 1.807) is 0 Å². The van der Waals surface area contributed by atoms with Crippen LogP contribution in [0.1, 0.15) is 26.7 Å². The summed E-state index contributed by atoms with van der Waals surface area (Å²) in [6.45, 7) is 12.7. The molecule has 2 fully saturated rings. The van der Waals surface area contributed by atoms with E-state index < -0.39 is 0 Å². The average molecular weight is 226 g/mol. The predicted octanol–water partition coefficient (Wildman–Crippen LogP) is 1.34. The van der Waals surface area contributed by atoms with Crippen LogP contribution in [-0.2, 0) is 4.74 Å². The van der Waals surface area contributed by atoms with Crippen LogP contribution in [0.2, 0.25) is 0 Å². The maximum atomic E-state index is 5.42. The van der Waals surface area contributed by atoms with E-state index in [4.69, 9.17) is 4.74 Å². The Morgan fingerprint density at radius 2 is 2.06 bits per heavy atom. The first kappa shape index (κ1) is 12.3. The SMILES string of the molecule is CC1(C)CNCCN(CC2CCOCC2)C1. The molecule has 2 saturated heterocycles. The van der Waals surface area contributed by atoms with Crippen LogP contribution in [0.3, 0.4) is 0 Å². The van der Waals surface area contributed by atoms with Gasteiger partial charge in [0.1, 0.15) is 0 Å². The van der Waals surface area contributed by atoms with E-state index in [2.05, 4.69) is 24.1 Å². The normalized spacial score (nSPS) is 28.9. The number of ether oxygens (including phenoxy) is 1. The van der Waals surface area contributed by atoms with Gasteiger partial charge in [-0.15, -0.1) is 0 Å². The number of rotatable bonds is 2. The number of nitrogens with one attached hydrogen (secondary N) is 1. The molecular weight excluding hydrogens is 200 g/mol. The van der Waals surface area contributed by atoms with Gasteiger partial charge in [0.25, 0.3) is 0 Å². The van der Waals surface area contributed by atoms with Gasteiger partial charge in [-0.05, 0) is 24.2 Å². The maximum Gasteiger partial charge on any atom is 0.0469 e. The second kappa shape index (κ2) is 5.48. The van der Waals surface area contributed by atoms with Crippen LogP contribution >= 0.6 is 0 Å². The lowest BCUT2D eigenvalue weighted by Crippen LogP contribution is -2.39. The van der Waals surface area contributed by atoms with Crippen molar-refractivity contribution in [3.63, 3.8) is 0 Å². The number of hydrogen-bond acceptors (Lipinski definition) is 3. The summed E-state index contributed by atoms with van der Waals surface area (Å²) in [5, 5.41) is 3.54. The Labute approximate surface area is 99.5 Å². The summed E-state index contributed by atoms with van der Waals surface area (Å²) in [4.78, 5) is 2.65. The molecule has 0 unspecified atom stereocenters. The van der Waals surface area contributed by atoms with E-state index in [9.17, 15) is 0 Å². The minimum absolute atomic E-state index is 0.418. The standard InChI is InChI=1S/C13H26N2O/c1-13(2)10-14-5-6-15(11-13)9-12-3-7-16-8-4-12/h12,14H,3-11H2,1-2H3. The summed E-state index contributed by atoms with van der Waals surface area (Å²) in [7, 11) is 0. The fourth-order valence-electron chi connectivity index (χ4n) is 2.85. The lowest BCUT2D eigenvalue weighted by molar-refractivity contribution is 0.0494. The van der Waals surface area contributed by atoms with Gasteiger partial charge < -0.3 is 15.0 Å². The summed E-state index contributed by atoms with van der Waals surface area (Å²) in [5.74, 6) is 0.864. The van der Waals surface area contributed by atoms with Crippen molar-refractivity contribution in [2.24, 2.45) is 11.3 Å². The molecule has 3 heteroatoms. The zero-order valence-corrected chi connectivity index (χ0v) is 10.8. The Kier molecular flexibility index (Phi) is 4.22. The third kappa shape index (κ3) is 3.72. The highest BCUT2D eigenvalue weighted by Crippen LogP contribution is 2.21. The highest BCUT2D eigenvalue weighted by molar-refractivity contribution is 4.81. The van der Waals surface area contributed by atoms with Crippen LogP contribution < -0.4 is 5.32 Å². The Balaban J connectivity index is 1.82. The molecule has 0 aromatic carbocycles. The molecule has 3 nitrogen and oxygen atoms in total. The molecule has 0 spiro atoms. The van der Waals surface area contributed by atoms with Crippen molar-refractivity contribution in [1.82, 2.24) is 10.2 Å². The Bertz CT molecular complexity index is 212. The van der Waals surface area contributed by atoms with Crippen LogP contribution in [-0.4, -0.2) is 50.8 Å². The lowest BCUT2D eigenvalue weighted by Gasteiger charge is -2.33. The molecule has 1 N–H and O–H groups in total. The van der Waals surface area contributed by atoms with Gasteiger partial charge in [-0.3, -0.25) is 0 Å². The van der Waals surface area contributed by atoms with Gasteiger partial charge >= 0.3 is 0 Å². The maximum absolute atomic E-state index is 5.42. The second-order valence-electron chi connectivity index (χ2n) is 6.13. The van der Waals surface area contributed by atoms with Crippen molar-refractivity contribution in [3.05, 3.63) is 0 Å². The third-order valence-corrected chi connectivity index (χ3v) is 3.72. The molecule has 16 heavy (non-hydrogen) atoms. The van der Waals surface area contributed by atoms with E-state index in [1.807, 2.05) is 0 Å². The summed E-state index contributed by atoms with van der Waals surface area (Å²) in [5.41, 5.74) is 0.418. The largest absolute Gasteiger partial charge is 0.381 e. The molecule has 0 atom stereocenters. The number of hydrogen-bond donors (Lipinski definition) is 1. The zero-order valence-electron chi connectivity index (χ0n) is 10.8. The monoisotopic (exact) mass is 226 g/mol. The van der Waals surface area contributed by atoms with Crippen LogP contribution in [0, 0.1) is 11.3 Å². The van der Waals surface area contributed by atoms with E-state index in [1.165, 1.54) is 32.5 Å². The first-order chi connectivity index (χ1) is 7.66.